The third kappa shape index (κ3) is 3.20. The summed E-state index contributed by atoms with van der Waals surface area (Å²) in [6.45, 7) is 3.54. The number of pyridine rings is 1. The Labute approximate surface area is 95.7 Å². The zero-order valence-electron chi connectivity index (χ0n) is 9.73. The topological polar surface area (TPSA) is 71.2 Å². The molecular weight excluding hydrogens is 204 g/mol. The Morgan fingerprint density at radius 1 is 1.56 bits per heavy atom. The summed E-state index contributed by atoms with van der Waals surface area (Å²) >= 11 is 0. The molecule has 5 nitrogen and oxygen atoms in total. The van der Waals surface area contributed by atoms with Crippen LogP contribution in [0.3, 0.4) is 0 Å². The van der Waals surface area contributed by atoms with Gasteiger partial charge in [-0.05, 0) is 19.1 Å². The molecule has 0 saturated heterocycles. The molecule has 0 radical (unpaired) electrons. The van der Waals surface area contributed by atoms with Crippen LogP contribution in [0.4, 0.5) is 5.69 Å². The lowest BCUT2D eigenvalue weighted by molar-refractivity contribution is -0.119. The van der Waals surface area contributed by atoms with Gasteiger partial charge in [-0.2, -0.15) is 0 Å². The molecule has 0 unspecified atom stereocenters. The number of carbonyl (C=O) groups excluding carboxylic acids is 1. The molecule has 0 aliphatic rings. The van der Waals surface area contributed by atoms with Gasteiger partial charge in [-0.1, -0.05) is 0 Å². The molecule has 16 heavy (non-hydrogen) atoms. The van der Waals surface area contributed by atoms with E-state index < -0.39 is 0 Å². The summed E-state index contributed by atoms with van der Waals surface area (Å²) in [5, 5.41) is 2.60. The van der Waals surface area contributed by atoms with Crippen LogP contribution in [-0.2, 0) is 11.3 Å². The highest BCUT2D eigenvalue weighted by atomic mass is 16.1. The average molecular weight is 222 g/mol. The van der Waals surface area contributed by atoms with Crippen molar-refractivity contribution in [2.24, 2.45) is 5.73 Å². The summed E-state index contributed by atoms with van der Waals surface area (Å²) in [5.41, 5.74) is 7.25. The zero-order chi connectivity index (χ0) is 12.0. The van der Waals surface area contributed by atoms with Crippen molar-refractivity contribution in [2.75, 3.05) is 25.0 Å². The quantitative estimate of drug-likeness (QED) is 0.742. The van der Waals surface area contributed by atoms with Crippen LogP contribution in [-0.4, -0.2) is 31.0 Å². The number of likely N-dealkylation sites (N-methyl/N-ethyl adjacent to an activating group) is 2. The third-order valence-electron chi connectivity index (χ3n) is 2.38. The van der Waals surface area contributed by atoms with Crippen molar-refractivity contribution in [2.45, 2.75) is 13.5 Å². The van der Waals surface area contributed by atoms with Gasteiger partial charge >= 0.3 is 0 Å². The van der Waals surface area contributed by atoms with E-state index in [-0.39, 0.29) is 5.91 Å². The van der Waals surface area contributed by atoms with Gasteiger partial charge in [-0.3, -0.25) is 9.78 Å². The molecule has 3 N–H and O–H groups in total. The highest BCUT2D eigenvalue weighted by molar-refractivity contribution is 5.80. The lowest BCUT2D eigenvalue weighted by Crippen LogP contribution is -2.35. The van der Waals surface area contributed by atoms with E-state index >= 15 is 0 Å². The second kappa shape index (κ2) is 6.07. The van der Waals surface area contributed by atoms with Crippen molar-refractivity contribution < 1.29 is 4.79 Å². The highest BCUT2D eigenvalue weighted by Gasteiger charge is 2.08. The summed E-state index contributed by atoms with van der Waals surface area (Å²) < 4.78 is 0. The van der Waals surface area contributed by atoms with Gasteiger partial charge in [-0.15, -0.1) is 0 Å². The summed E-state index contributed by atoms with van der Waals surface area (Å²) in [5.74, 6) is -0.00949. The summed E-state index contributed by atoms with van der Waals surface area (Å²) in [6, 6.07) is 3.81. The van der Waals surface area contributed by atoms with Gasteiger partial charge in [0.25, 0.3) is 0 Å². The summed E-state index contributed by atoms with van der Waals surface area (Å²) in [7, 11) is 1.63. The second-order valence-electron chi connectivity index (χ2n) is 3.40. The lowest BCUT2D eigenvalue weighted by Gasteiger charge is -2.21. The highest BCUT2D eigenvalue weighted by Crippen LogP contribution is 2.12. The molecular formula is C11H18N4O. The van der Waals surface area contributed by atoms with E-state index in [2.05, 4.69) is 10.3 Å². The van der Waals surface area contributed by atoms with Crippen LogP contribution < -0.4 is 16.0 Å². The molecule has 88 valence electrons. The number of nitrogens with one attached hydrogen (secondary N) is 1. The van der Waals surface area contributed by atoms with Gasteiger partial charge in [0.1, 0.15) is 0 Å². The van der Waals surface area contributed by atoms with Crippen LogP contribution in [0.5, 0.6) is 0 Å². The Kier molecular flexibility index (Phi) is 4.72. The average Bonchev–Trinajstić information content (AvgIpc) is 2.35. The van der Waals surface area contributed by atoms with E-state index in [1.165, 1.54) is 0 Å². The van der Waals surface area contributed by atoms with E-state index in [4.69, 9.17) is 5.73 Å². The molecule has 1 rings (SSSR count). The Balaban J connectivity index is 2.74. The second-order valence-corrected chi connectivity index (χ2v) is 3.40. The minimum Gasteiger partial charge on any atom is -0.361 e. The van der Waals surface area contributed by atoms with Crippen molar-refractivity contribution in [3.05, 3.63) is 24.0 Å². The number of hydrogen-bond acceptors (Lipinski definition) is 4. The fourth-order valence-electron chi connectivity index (χ4n) is 1.36. The first-order valence-corrected chi connectivity index (χ1v) is 5.31. The minimum atomic E-state index is -0.00949. The van der Waals surface area contributed by atoms with Gasteiger partial charge in [0, 0.05) is 20.1 Å². The van der Waals surface area contributed by atoms with Crippen molar-refractivity contribution in [3.63, 3.8) is 0 Å². The number of anilines is 1. The Bertz CT molecular complexity index is 336. The molecule has 0 fully saturated rings. The normalized spacial score (nSPS) is 9.94. The van der Waals surface area contributed by atoms with E-state index in [1.54, 1.807) is 13.2 Å². The Morgan fingerprint density at radius 3 is 2.75 bits per heavy atom. The van der Waals surface area contributed by atoms with Crippen LogP contribution in [0, 0.1) is 0 Å². The van der Waals surface area contributed by atoms with Gasteiger partial charge in [0.05, 0.1) is 24.1 Å². The molecule has 0 atom stereocenters. The Hall–Kier alpha value is -1.62. The van der Waals surface area contributed by atoms with E-state index in [9.17, 15) is 4.79 Å². The monoisotopic (exact) mass is 222 g/mol. The largest absolute Gasteiger partial charge is 0.361 e. The van der Waals surface area contributed by atoms with Crippen LogP contribution in [0.2, 0.25) is 0 Å². The van der Waals surface area contributed by atoms with Gasteiger partial charge in [0.2, 0.25) is 5.91 Å². The number of nitrogens with zero attached hydrogens (tertiary/aromatic N) is 2. The fourth-order valence-corrected chi connectivity index (χ4v) is 1.36. The molecule has 1 aromatic rings. The van der Waals surface area contributed by atoms with Gasteiger partial charge in [-0.25, -0.2) is 0 Å². The zero-order valence-corrected chi connectivity index (χ0v) is 9.73. The predicted octanol–water partition coefficient (Wildman–Crippen LogP) is 0.113. The Morgan fingerprint density at radius 2 is 2.31 bits per heavy atom. The van der Waals surface area contributed by atoms with Gasteiger partial charge < -0.3 is 16.0 Å². The van der Waals surface area contributed by atoms with Crippen LogP contribution in [0.1, 0.15) is 12.6 Å². The van der Waals surface area contributed by atoms with E-state index in [0.717, 1.165) is 17.9 Å². The number of aromatic nitrogens is 1. The maximum absolute atomic E-state index is 11.3. The SMILES string of the molecule is CCN(CC(=O)NC)c1ccc(CN)nc1. The predicted molar refractivity (Wildman–Crippen MR) is 64.1 cm³/mol. The smallest absolute Gasteiger partial charge is 0.239 e. The first kappa shape index (κ1) is 12.4. The molecule has 0 bridgehead atoms. The maximum atomic E-state index is 11.3. The molecule has 1 aromatic heterocycles. The lowest BCUT2D eigenvalue weighted by atomic mass is 10.3. The minimum absolute atomic E-state index is 0.00949. The van der Waals surface area contributed by atoms with Crippen molar-refractivity contribution in [1.82, 2.24) is 10.3 Å². The standard InChI is InChI=1S/C11H18N4O/c1-3-15(8-11(16)13-2)10-5-4-9(6-12)14-7-10/h4-5,7H,3,6,8,12H2,1-2H3,(H,13,16). The van der Waals surface area contributed by atoms with Crippen molar-refractivity contribution >= 4 is 11.6 Å². The van der Waals surface area contributed by atoms with Crippen LogP contribution in [0.25, 0.3) is 0 Å². The number of rotatable bonds is 5. The molecule has 5 heteroatoms. The maximum Gasteiger partial charge on any atom is 0.239 e. The molecule has 0 aromatic carbocycles. The number of amides is 1. The summed E-state index contributed by atoms with van der Waals surface area (Å²) in [6.07, 6.45) is 1.74. The van der Waals surface area contributed by atoms with Crippen LogP contribution in [0.15, 0.2) is 18.3 Å². The van der Waals surface area contributed by atoms with Crippen molar-refractivity contribution in [1.29, 1.82) is 0 Å². The molecule has 1 amide bonds. The van der Waals surface area contributed by atoms with Gasteiger partial charge in [0.15, 0.2) is 0 Å². The van der Waals surface area contributed by atoms with E-state index in [1.807, 2.05) is 24.0 Å². The molecule has 1 heterocycles. The number of hydrogen-bond donors (Lipinski definition) is 2. The van der Waals surface area contributed by atoms with Crippen LogP contribution >= 0.6 is 0 Å². The number of nitrogens with two attached hydrogens (primary N) is 1. The summed E-state index contributed by atoms with van der Waals surface area (Å²) in [4.78, 5) is 17.4. The first-order valence-electron chi connectivity index (χ1n) is 5.31. The fraction of sp³-hybridized carbons (Fsp3) is 0.455. The van der Waals surface area contributed by atoms with Crippen molar-refractivity contribution in [3.8, 4) is 0 Å². The van der Waals surface area contributed by atoms with E-state index in [0.29, 0.717) is 13.1 Å². The first-order chi connectivity index (χ1) is 7.71. The molecule has 0 spiro atoms. The molecule has 0 aliphatic heterocycles. The molecule has 0 saturated carbocycles. The molecule has 0 aliphatic carbocycles. The third-order valence-corrected chi connectivity index (χ3v) is 2.38. The number of carbonyl (C=O) groups is 1.